The van der Waals surface area contributed by atoms with Gasteiger partial charge in [0, 0.05) is 32.2 Å². The molecule has 8 nitrogen and oxygen atoms in total. The van der Waals surface area contributed by atoms with Crippen molar-refractivity contribution in [3.63, 3.8) is 0 Å². The molecular formula is C21H26N2O6S. The van der Waals surface area contributed by atoms with Crippen molar-refractivity contribution in [2.75, 3.05) is 39.9 Å². The van der Waals surface area contributed by atoms with Gasteiger partial charge in [0.25, 0.3) is 0 Å². The van der Waals surface area contributed by atoms with Crippen molar-refractivity contribution in [1.82, 2.24) is 9.21 Å². The number of sulfonamides is 1. The van der Waals surface area contributed by atoms with Gasteiger partial charge in [0.15, 0.2) is 0 Å². The molecule has 3 rings (SSSR count). The van der Waals surface area contributed by atoms with Crippen LogP contribution in [0.1, 0.15) is 12.0 Å². The van der Waals surface area contributed by atoms with Crippen molar-refractivity contribution in [3.8, 4) is 17.2 Å². The van der Waals surface area contributed by atoms with Gasteiger partial charge in [-0.2, -0.15) is 4.31 Å². The van der Waals surface area contributed by atoms with Gasteiger partial charge in [-0.05, 0) is 36.8 Å². The molecule has 1 N–H and O–H groups in total. The summed E-state index contributed by atoms with van der Waals surface area (Å²) in [7, 11) is -2.27. The minimum Gasteiger partial charge on any atom is -0.508 e. The summed E-state index contributed by atoms with van der Waals surface area (Å²) >= 11 is 0. The van der Waals surface area contributed by atoms with Gasteiger partial charge < -0.3 is 19.5 Å². The Morgan fingerprint density at radius 3 is 2.50 bits per heavy atom. The van der Waals surface area contributed by atoms with Crippen molar-refractivity contribution >= 4 is 15.9 Å². The largest absolute Gasteiger partial charge is 0.508 e. The number of carbonyl (C=O) groups excluding carboxylic acids is 1. The molecule has 162 valence electrons. The molecular weight excluding hydrogens is 408 g/mol. The summed E-state index contributed by atoms with van der Waals surface area (Å²) in [4.78, 5) is 14.2. The molecule has 0 saturated carbocycles. The van der Waals surface area contributed by atoms with Gasteiger partial charge in [0.05, 0.1) is 20.1 Å². The summed E-state index contributed by atoms with van der Waals surface area (Å²) in [6, 6.07) is 11.4. The number of aromatic hydroxyl groups is 1. The quantitative estimate of drug-likeness (QED) is 0.716. The number of hydrogen-bond acceptors (Lipinski definition) is 6. The molecule has 0 atom stereocenters. The number of ether oxygens (including phenoxy) is 2. The molecule has 2 aromatic carbocycles. The first kappa shape index (κ1) is 21.9. The zero-order valence-corrected chi connectivity index (χ0v) is 17.9. The summed E-state index contributed by atoms with van der Waals surface area (Å²) in [5.41, 5.74) is 0.829. The van der Waals surface area contributed by atoms with E-state index in [1.807, 2.05) is 6.92 Å². The lowest BCUT2D eigenvalue weighted by atomic mass is 10.2. The average Bonchev–Trinajstić information content (AvgIpc) is 2.74. The fraction of sp³-hybridized carbons (Fsp3) is 0.381. The van der Waals surface area contributed by atoms with Gasteiger partial charge >= 0.3 is 0 Å². The van der Waals surface area contributed by atoms with Crippen LogP contribution in [0.2, 0.25) is 0 Å². The van der Waals surface area contributed by atoms with E-state index in [0.717, 1.165) is 5.56 Å². The number of benzene rings is 2. The number of nitrogens with zero attached hydrogens (tertiary/aromatic N) is 2. The van der Waals surface area contributed by atoms with E-state index in [1.165, 1.54) is 23.5 Å². The summed E-state index contributed by atoms with van der Waals surface area (Å²) in [6.07, 6.45) is 0.175. The third kappa shape index (κ3) is 5.03. The number of phenols is 1. The number of aryl methyl sites for hydroxylation is 1. The van der Waals surface area contributed by atoms with Gasteiger partial charge in [-0.15, -0.1) is 0 Å². The van der Waals surface area contributed by atoms with Crippen LogP contribution >= 0.6 is 0 Å². The molecule has 0 radical (unpaired) electrons. The minimum atomic E-state index is -3.71. The summed E-state index contributed by atoms with van der Waals surface area (Å²) in [5, 5.41) is 9.43. The Labute approximate surface area is 176 Å². The van der Waals surface area contributed by atoms with Crippen molar-refractivity contribution in [1.29, 1.82) is 0 Å². The average molecular weight is 435 g/mol. The van der Waals surface area contributed by atoms with E-state index in [2.05, 4.69) is 0 Å². The van der Waals surface area contributed by atoms with Crippen molar-refractivity contribution in [2.24, 2.45) is 0 Å². The highest BCUT2D eigenvalue weighted by Gasteiger charge is 2.32. The predicted octanol–water partition coefficient (Wildman–Crippen LogP) is 2.01. The van der Waals surface area contributed by atoms with E-state index in [4.69, 9.17) is 9.47 Å². The van der Waals surface area contributed by atoms with Gasteiger partial charge in [0.2, 0.25) is 15.9 Å². The molecule has 1 saturated heterocycles. The molecule has 0 spiro atoms. The third-order valence-electron chi connectivity index (χ3n) is 4.93. The lowest BCUT2D eigenvalue weighted by Crippen LogP contribution is -2.50. The molecule has 1 aliphatic heterocycles. The van der Waals surface area contributed by atoms with Crippen LogP contribution in [0.5, 0.6) is 17.2 Å². The maximum atomic E-state index is 13.1. The Morgan fingerprint density at radius 1 is 1.10 bits per heavy atom. The second-order valence-corrected chi connectivity index (χ2v) is 8.94. The van der Waals surface area contributed by atoms with Gasteiger partial charge in [-0.3, -0.25) is 4.79 Å². The SMILES string of the molecule is COc1ccc(C)cc1S(=O)(=O)N1CCN(C(=O)CCOc2cccc(O)c2)CC1. The number of hydrogen-bond donors (Lipinski definition) is 1. The van der Waals surface area contributed by atoms with Gasteiger partial charge in [-0.1, -0.05) is 12.1 Å². The van der Waals surface area contributed by atoms with E-state index < -0.39 is 10.0 Å². The molecule has 1 fully saturated rings. The van der Waals surface area contributed by atoms with E-state index in [9.17, 15) is 18.3 Å². The fourth-order valence-electron chi connectivity index (χ4n) is 3.29. The first-order valence-corrected chi connectivity index (χ1v) is 11.1. The predicted molar refractivity (Wildman–Crippen MR) is 111 cm³/mol. The molecule has 1 amide bonds. The third-order valence-corrected chi connectivity index (χ3v) is 6.85. The number of piperazine rings is 1. The lowest BCUT2D eigenvalue weighted by molar-refractivity contribution is -0.132. The monoisotopic (exact) mass is 434 g/mol. The van der Waals surface area contributed by atoms with Gasteiger partial charge in [-0.25, -0.2) is 8.42 Å². The Bertz CT molecular complexity index is 1000. The fourth-order valence-corrected chi connectivity index (χ4v) is 4.95. The lowest BCUT2D eigenvalue weighted by Gasteiger charge is -2.34. The van der Waals surface area contributed by atoms with Crippen LogP contribution in [0.4, 0.5) is 0 Å². The van der Waals surface area contributed by atoms with E-state index in [-0.39, 0.29) is 42.7 Å². The minimum absolute atomic E-state index is 0.0969. The Morgan fingerprint density at radius 2 is 1.83 bits per heavy atom. The zero-order valence-electron chi connectivity index (χ0n) is 17.1. The Hall–Kier alpha value is -2.78. The van der Waals surface area contributed by atoms with Crippen molar-refractivity contribution in [2.45, 2.75) is 18.2 Å². The van der Waals surface area contributed by atoms with E-state index >= 15 is 0 Å². The van der Waals surface area contributed by atoms with Crippen LogP contribution < -0.4 is 9.47 Å². The molecule has 0 aliphatic carbocycles. The Kier molecular flexibility index (Phi) is 6.84. The molecule has 2 aromatic rings. The number of amides is 1. The second kappa shape index (κ2) is 9.36. The zero-order chi connectivity index (χ0) is 21.7. The van der Waals surface area contributed by atoms with Gasteiger partial charge in [0.1, 0.15) is 22.1 Å². The van der Waals surface area contributed by atoms with E-state index in [0.29, 0.717) is 24.6 Å². The Balaban J connectivity index is 1.55. The van der Waals surface area contributed by atoms with Crippen LogP contribution in [-0.4, -0.2) is 68.5 Å². The maximum absolute atomic E-state index is 13.1. The highest BCUT2D eigenvalue weighted by Crippen LogP contribution is 2.28. The van der Waals surface area contributed by atoms with Crippen LogP contribution in [0.3, 0.4) is 0 Å². The van der Waals surface area contributed by atoms with Crippen LogP contribution in [0.15, 0.2) is 47.4 Å². The van der Waals surface area contributed by atoms with Crippen LogP contribution in [0, 0.1) is 6.92 Å². The molecule has 0 bridgehead atoms. The summed E-state index contributed by atoms with van der Waals surface area (Å²) in [5.74, 6) is 0.802. The summed E-state index contributed by atoms with van der Waals surface area (Å²) < 4.78 is 38.2. The number of phenolic OH excluding ortho intramolecular Hbond substituents is 1. The highest BCUT2D eigenvalue weighted by molar-refractivity contribution is 7.89. The molecule has 1 heterocycles. The number of rotatable bonds is 7. The normalized spacial score (nSPS) is 15.1. The van der Waals surface area contributed by atoms with Crippen LogP contribution in [-0.2, 0) is 14.8 Å². The van der Waals surface area contributed by atoms with Crippen molar-refractivity contribution in [3.05, 3.63) is 48.0 Å². The van der Waals surface area contributed by atoms with E-state index in [1.54, 1.807) is 35.2 Å². The summed E-state index contributed by atoms with van der Waals surface area (Å²) in [6.45, 7) is 3.09. The first-order valence-electron chi connectivity index (χ1n) is 9.65. The smallest absolute Gasteiger partial charge is 0.246 e. The van der Waals surface area contributed by atoms with Crippen LogP contribution in [0.25, 0.3) is 0 Å². The first-order chi connectivity index (χ1) is 14.3. The molecule has 0 aromatic heterocycles. The standard InChI is InChI=1S/C21H26N2O6S/c1-16-6-7-19(28-2)20(14-16)30(26,27)23-11-9-22(10-12-23)21(25)8-13-29-18-5-3-4-17(24)15-18/h3-7,14-15,24H,8-13H2,1-2H3. The highest BCUT2D eigenvalue weighted by atomic mass is 32.2. The maximum Gasteiger partial charge on any atom is 0.246 e. The molecule has 0 unspecified atom stereocenters. The second-order valence-electron chi connectivity index (χ2n) is 7.04. The number of carbonyl (C=O) groups is 1. The molecule has 30 heavy (non-hydrogen) atoms. The van der Waals surface area contributed by atoms with Crippen molar-refractivity contribution < 1.29 is 27.8 Å². The molecule has 1 aliphatic rings. The molecule has 9 heteroatoms. The number of methoxy groups -OCH3 is 1. The topological polar surface area (TPSA) is 96.4 Å².